The lowest BCUT2D eigenvalue weighted by molar-refractivity contribution is 0.104. The minimum absolute atomic E-state index is 0.114. The number of hydrogen-bond acceptors (Lipinski definition) is 5. The van der Waals surface area contributed by atoms with E-state index in [1.165, 1.54) is 13.2 Å². The third kappa shape index (κ3) is 1.75. The van der Waals surface area contributed by atoms with Crippen molar-refractivity contribution in [3.8, 4) is 23.0 Å². The molecule has 0 aromatic heterocycles. The summed E-state index contributed by atoms with van der Waals surface area (Å²) >= 11 is 0. The Morgan fingerprint density at radius 2 is 1.27 bits per heavy atom. The van der Waals surface area contributed by atoms with Crippen molar-refractivity contribution in [2.75, 3.05) is 28.4 Å². The van der Waals surface area contributed by atoms with Gasteiger partial charge in [0.2, 0.25) is 0 Å². The van der Waals surface area contributed by atoms with Crippen LogP contribution in [0.4, 0.5) is 0 Å². The number of carbonyl (C=O) groups excluding carboxylic acids is 1. The van der Waals surface area contributed by atoms with Crippen LogP contribution in [0.2, 0.25) is 0 Å². The summed E-state index contributed by atoms with van der Waals surface area (Å²) in [6.07, 6.45) is 3.24. The molecule has 0 amide bonds. The molecule has 22 heavy (non-hydrogen) atoms. The first-order chi connectivity index (χ1) is 10.7. The second-order valence-corrected chi connectivity index (χ2v) is 4.77. The van der Waals surface area contributed by atoms with Crippen molar-refractivity contribution in [1.29, 1.82) is 0 Å². The topological polar surface area (TPSA) is 54.0 Å². The molecular formula is C17H16O5. The molecular weight excluding hydrogens is 284 g/mol. The molecule has 0 unspecified atom stereocenters. The lowest BCUT2D eigenvalue weighted by Gasteiger charge is -2.19. The minimum atomic E-state index is -0.114. The Morgan fingerprint density at radius 3 is 1.77 bits per heavy atom. The van der Waals surface area contributed by atoms with Crippen molar-refractivity contribution in [2.45, 2.75) is 0 Å². The van der Waals surface area contributed by atoms with E-state index in [9.17, 15) is 4.79 Å². The number of rotatable bonds is 4. The van der Waals surface area contributed by atoms with Crippen molar-refractivity contribution in [3.63, 3.8) is 0 Å². The van der Waals surface area contributed by atoms with Gasteiger partial charge in [0.05, 0.1) is 44.8 Å². The smallest absolute Gasteiger partial charge is 0.190 e. The van der Waals surface area contributed by atoms with Gasteiger partial charge in [-0.1, -0.05) is 0 Å². The van der Waals surface area contributed by atoms with E-state index in [1.54, 1.807) is 39.5 Å². The summed E-state index contributed by atoms with van der Waals surface area (Å²) < 4.78 is 22.0. The number of ketones is 1. The van der Waals surface area contributed by atoms with Crippen molar-refractivity contribution in [2.24, 2.45) is 0 Å². The highest BCUT2D eigenvalue weighted by atomic mass is 16.5. The standard InChI is InChI=1S/C17H16O5/c1-19-11-7-8-12(20-2)15-14(11)16(21-3)9-5-6-10(18)13(9)17(15)22-4/h5-8H,1-4H3. The first-order valence-electron chi connectivity index (χ1n) is 6.72. The summed E-state index contributed by atoms with van der Waals surface area (Å²) in [7, 11) is 6.25. The van der Waals surface area contributed by atoms with Crippen LogP contribution in [0.15, 0.2) is 18.2 Å². The van der Waals surface area contributed by atoms with Gasteiger partial charge in [-0.15, -0.1) is 0 Å². The van der Waals surface area contributed by atoms with Gasteiger partial charge < -0.3 is 18.9 Å². The molecule has 0 spiro atoms. The molecule has 1 aliphatic carbocycles. The molecule has 3 rings (SSSR count). The molecule has 0 saturated heterocycles. The second-order valence-electron chi connectivity index (χ2n) is 4.77. The summed E-state index contributed by atoms with van der Waals surface area (Å²) in [6.45, 7) is 0. The fourth-order valence-electron chi connectivity index (χ4n) is 2.91. The third-order valence-electron chi connectivity index (χ3n) is 3.82. The van der Waals surface area contributed by atoms with E-state index in [4.69, 9.17) is 18.9 Å². The van der Waals surface area contributed by atoms with Crippen LogP contribution in [0.1, 0.15) is 15.9 Å². The predicted molar refractivity (Wildman–Crippen MR) is 83.5 cm³/mol. The van der Waals surface area contributed by atoms with E-state index >= 15 is 0 Å². The zero-order valence-electron chi connectivity index (χ0n) is 12.9. The van der Waals surface area contributed by atoms with E-state index in [-0.39, 0.29) is 5.78 Å². The Labute approximate surface area is 128 Å². The Morgan fingerprint density at radius 1 is 0.727 bits per heavy atom. The van der Waals surface area contributed by atoms with E-state index in [1.807, 2.05) is 0 Å². The molecule has 1 aliphatic rings. The number of fused-ring (bicyclic) bond motifs is 2. The number of allylic oxidation sites excluding steroid dienone is 1. The third-order valence-corrected chi connectivity index (χ3v) is 3.82. The number of hydrogen-bond donors (Lipinski definition) is 0. The van der Waals surface area contributed by atoms with E-state index in [0.717, 1.165) is 5.39 Å². The van der Waals surface area contributed by atoms with Gasteiger partial charge in [0.25, 0.3) is 0 Å². The fraction of sp³-hybridized carbons (Fsp3) is 0.235. The van der Waals surface area contributed by atoms with Gasteiger partial charge >= 0.3 is 0 Å². The summed E-state index contributed by atoms with van der Waals surface area (Å²) in [5, 5.41) is 1.39. The van der Waals surface area contributed by atoms with Crippen molar-refractivity contribution in [3.05, 3.63) is 29.3 Å². The minimum Gasteiger partial charge on any atom is -0.496 e. The molecule has 5 nitrogen and oxygen atoms in total. The van der Waals surface area contributed by atoms with Crippen LogP contribution in [-0.4, -0.2) is 34.2 Å². The van der Waals surface area contributed by atoms with Crippen LogP contribution in [0.3, 0.4) is 0 Å². The van der Waals surface area contributed by atoms with Crippen LogP contribution in [0.5, 0.6) is 23.0 Å². The molecule has 0 saturated carbocycles. The first kappa shape index (κ1) is 14.3. The molecule has 0 fully saturated rings. The summed E-state index contributed by atoms with van der Waals surface area (Å²) in [5.41, 5.74) is 1.18. The zero-order valence-corrected chi connectivity index (χ0v) is 12.9. The van der Waals surface area contributed by atoms with Crippen molar-refractivity contribution >= 4 is 22.6 Å². The SMILES string of the molecule is COc1ccc(OC)c2c(OC)c3c(c(OC)c12)C=CC3=O. The second kappa shape index (κ2) is 5.26. The van der Waals surface area contributed by atoms with E-state index < -0.39 is 0 Å². The Balaban J connectivity index is 2.60. The van der Waals surface area contributed by atoms with Gasteiger partial charge in [0.15, 0.2) is 5.78 Å². The molecule has 0 atom stereocenters. The van der Waals surface area contributed by atoms with E-state index in [0.29, 0.717) is 39.5 Å². The average molecular weight is 300 g/mol. The average Bonchev–Trinajstić information content (AvgIpc) is 2.93. The molecule has 2 aromatic rings. The maximum absolute atomic E-state index is 12.2. The van der Waals surface area contributed by atoms with E-state index in [2.05, 4.69) is 0 Å². The van der Waals surface area contributed by atoms with Gasteiger partial charge in [-0.3, -0.25) is 4.79 Å². The molecule has 0 radical (unpaired) electrons. The monoisotopic (exact) mass is 300 g/mol. The van der Waals surface area contributed by atoms with Crippen molar-refractivity contribution < 1.29 is 23.7 Å². The van der Waals surface area contributed by atoms with Gasteiger partial charge in [0, 0.05) is 5.56 Å². The first-order valence-corrected chi connectivity index (χ1v) is 6.72. The van der Waals surface area contributed by atoms with Crippen LogP contribution in [0.25, 0.3) is 16.8 Å². The molecule has 0 N–H and O–H groups in total. The number of methoxy groups -OCH3 is 4. The highest BCUT2D eigenvalue weighted by Gasteiger charge is 2.30. The number of ether oxygens (including phenoxy) is 4. The molecule has 0 heterocycles. The number of carbonyl (C=O) groups is 1. The highest BCUT2D eigenvalue weighted by molar-refractivity contribution is 6.21. The normalized spacial score (nSPS) is 12.5. The van der Waals surface area contributed by atoms with Gasteiger partial charge in [-0.25, -0.2) is 0 Å². The largest absolute Gasteiger partial charge is 0.496 e. The molecule has 2 aromatic carbocycles. The lowest BCUT2D eigenvalue weighted by Crippen LogP contribution is -2.03. The van der Waals surface area contributed by atoms with Crippen molar-refractivity contribution in [1.82, 2.24) is 0 Å². The number of benzene rings is 2. The summed E-state index contributed by atoms with van der Waals surface area (Å²) in [5.74, 6) is 2.15. The Hall–Kier alpha value is -2.69. The maximum Gasteiger partial charge on any atom is 0.190 e. The molecule has 114 valence electrons. The van der Waals surface area contributed by atoms with Crippen LogP contribution >= 0.6 is 0 Å². The zero-order chi connectivity index (χ0) is 15.9. The predicted octanol–water partition coefficient (Wildman–Crippen LogP) is 3.08. The van der Waals surface area contributed by atoms with Gasteiger partial charge in [-0.2, -0.15) is 0 Å². The maximum atomic E-state index is 12.2. The van der Waals surface area contributed by atoms with Crippen LogP contribution in [-0.2, 0) is 0 Å². The summed E-state index contributed by atoms with van der Waals surface area (Å²) in [6, 6.07) is 3.58. The molecule has 0 aliphatic heterocycles. The lowest BCUT2D eigenvalue weighted by atomic mass is 9.97. The molecule has 0 bridgehead atoms. The van der Waals surface area contributed by atoms with Crippen LogP contribution < -0.4 is 18.9 Å². The Bertz CT molecular complexity index is 805. The van der Waals surface area contributed by atoms with Crippen LogP contribution in [0, 0.1) is 0 Å². The Kier molecular flexibility index (Phi) is 3.41. The fourth-order valence-corrected chi connectivity index (χ4v) is 2.91. The van der Waals surface area contributed by atoms with Gasteiger partial charge in [0.1, 0.15) is 23.0 Å². The molecule has 5 heteroatoms. The van der Waals surface area contributed by atoms with Gasteiger partial charge in [-0.05, 0) is 24.3 Å². The quantitative estimate of drug-likeness (QED) is 0.868. The highest BCUT2D eigenvalue weighted by Crippen LogP contribution is 2.50. The summed E-state index contributed by atoms with van der Waals surface area (Å²) in [4.78, 5) is 12.2.